The van der Waals surface area contributed by atoms with Gasteiger partial charge in [-0.25, -0.2) is 0 Å². The van der Waals surface area contributed by atoms with Crippen LogP contribution in [0, 0.1) is 0 Å². The molecule has 0 saturated carbocycles. The Balaban J connectivity index is 4.14. The third kappa shape index (κ3) is 2.10. The van der Waals surface area contributed by atoms with Gasteiger partial charge in [0.25, 0.3) is 0 Å². The lowest BCUT2D eigenvalue weighted by Crippen LogP contribution is -2.36. The summed E-state index contributed by atoms with van der Waals surface area (Å²) in [5.74, 6) is 0. The minimum absolute atomic E-state index is 0.0625. The van der Waals surface area contributed by atoms with Crippen LogP contribution < -0.4 is 0 Å². The maximum atomic E-state index is 11.5. The van der Waals surface area contributed by atoms with E-state index < -0.39 is 8.32 Å². The van der Waals surface area contributed by atoms with Crippen LogP contribution in [-0.2, 0) is 4.80 Å². The van der Waals surface area contributed by atoms with Gasteiger partial charge in [0.1, 0.15) is 0 Å². The molecule has 2 heteroatoms. The maximum absolute atomic E-state index is 11.5. The Hall–Kier alpha value is 0.177. The summed E-state index contributed by atoms with van der Waals surface area (Å²) < 4.78 is 0. The topological polar surface area (TPSA) is 19.9 Å². The summed E-state index contributed by atoms with van der Waals surface area (Å²) in [6.07, 6.45) is 1.01. The van der Waals surface area contributed by atoms with E-state index in [2.05, 4.69) is 20.8 Å². The van der Waals surface area contributed by atoms with E-state index >= 15 is 0 Å². The zero-order chi connectivity index (χ0) is 7.71. The quantitative estimate of drug-likeness (QED) is 0.532. The second-order valence-corrected chi connectivity index (χ2v) is 8.12. The van der Waals surface area contributed by atoms with Crippen LogP contribution in [0.5, 0.6) is 0 Å². The Morgan fingerprint density at radius 2 is 1.67 bits per heavy atom. The first kappa shape index (κ1) is 9.18. The molecule has 1 nitrogen and oxygen atoms in total. The summed E-state index contributed by atoms with van der Waals surface area (Å²) in [5.41, 5.74) is 0. The lowest BCUT2D eigenvalue weighted by molar-refractivity contribution is 0.377. The molecule has 0 unspecified atom stereocenters. The van der Waals surface area contributed by atoms with Gasteiger partial charge in [0.2, 0.25) is 8.32 Å². The number of hydrogen-bond acceptors (Lipinski definition) is 0. The molecule has 0 heterocycles. The van der Waals surface area contributed by atoms with Crippen LogP contribution >= 0.6 is 0 Å². The van der Waals surface area contributed by atoms with Crippen LogP contribution in [0.3, 0.4) is 0 Å². The Labute approximate surface area is 59.2 Å². The molecule has 0 rings (SSSR count). The fraction of sp³-hybridized carbons (Fsp3) is 1.00. The highest BCUT2D eigenvalue weighted by Crippen LogP contribution is 2.38. The Morgan fingerprint density at radius 3 is 1.67 bits per heavy atom. The third-order valence-corrected chi connectivity index (χ3v) is 6.13. The average molecular weight is 145 g/mol. The second kappa shape index (κ2) is 2.43. The van der Waals surface area contributed by atoms with Gasteiger partial charge in [0, 0.05) is 0 Å². The molecule has 0 aromatic carbocycles. The van der Waals surface area contributed by atoms with Gasteiger partial charge in [-0.1, -0.05) is 27.2 Å². The number of rotatable bonds is 2. The zero-order valence-corrected chi connectivity index (χ0v) is 8.12. The van der Waals surface area contributed by atoms with Crippen LogP contribution in [0.4, 0.5) is 0 Å². The fourth-order valence-corrected chi connectivity index (χ4v) is 1.28. The molecule has 9 heavy (non-hydrogen) atoms. The molecule has 0 aliphatic heterocycles. The summed E-state index contributed by atoms with van der Waals surface area (Å²) in [6, 6.07) is 0. The van der Waals surface area contributed by atoms with Gasteiger partial charge in [0.15, 0.2) is 0 Å². The molecular weight excluding hydrogens is 128 g/mol. The van der Waals surface area contributed by atoms with Crippen molar-refractivity contribution in [3.8, 4) is 0 Å². The van der Waals surface area contributed by atoms with Crippen molar-refractivity contribution in [2.24, 2.45) is 0 Å². The van der Waals surface area contributed by atoms with Gasteiger partial charge < -0.3 is 0 Å². The van der Waals surface area contributed by atoms with E-state index in [1.54, 1.807) is 0 Å². The van der Waals surface area contributed by atoms with Crippen molar-refractivity contribution in [2.45, 2.75) is 45.3 Å². The summed E-state index contributed by atoms with van der Waals surface area (Å²) in [6.45, 7) is 10.0. The molecule has 0 aliphatic carbocycles. The lowest BCUT2D eigenvalue weighted by Gasteiger charge is -2.31. The Bertz CT molecular complexity index is 91.6. The van der Waals surface area contributed by atoms with Crippen molar-refractivity contribution in [1.29, 1.82) is 0 Å². The van der Waals surface area contributed by atoms with Gasteiger partial charge >= 0.3 is 0 Å². The number of hydrogen-bond donors (Lipinski definition) is 0. The summed E-state index contributed by atoms with van der Waals surface area (Å²) in [5, 5.41) is 0.0625. The Morgan fingerprint density at radius 1 is 1.33 bits per heavy atom. The first-order chi connectivity index (χ1) is 3.81. The first-order valence-corrected chi connectivity index (χ1v) is 6.42. The highest BCUT2D eigenvalue weighted by molar-refractivity contribution is 6.72. The van der Waals surface area contributed by atoms with E-state index in [0.29, 0.717) is 0 Å². The van der Waals surface area contributed by atoms with Crippen molar-refractivity contribution >= 4 is 8.32 Å². The van der Waals surface area contributed by atoms with E-state index in [4.69, 9.17) is 0 Å². The molecule has 0 bridgehead atoms. The highest BCUT2D eigenvalue weighted by atomic mass is 28.4. The predicted octanol–water partition coefficient (Wildman–Crippen LogP) is 2.81. The van der Waals surface area contributed by atoms with Crippen molar-refractivity contribution in [3.63, 3.8) is 0 Å². The smallest absolute Gasteiger partial charge is 0.236 e. The molecule has 1 radical (unpaired) electrons. The highest BCUT2D eigenvalue weighted by Gasteiger charge is 2.38. The average Bonchev–Trinajstić information content (AvgIpc) is 1.64. The standard InChI is InChI=1S/C7H17OSi/c1-6-7(2,3)9(4,5)8/h6H2,1-5H3. The molecule has 0 fully saturated rings. The van der Waals surface area contributed by atoms with E-state index in [1.807, 2.05) is 13.1 Å². The molecule has 0 spiro atoms. The molecule has 0 amide bonds. The van der Waals surface area contributed by atoms with Crippen molar-refractivity contribution in [1.82, 2.24) is 0 Å². The molecule has 0 saturated heterocycles. The van der Waals surface area contributed by atoms with Gasteiger partial charge in [-0.15, -0.1) is 0 Å². The molecule has 0 N–H and O–H groups in total. The SMILES string of the molecule is CCC(C)(C)[Si](C)(C)[O]. The van der Waals surface area contributed by atoms with Crippen LogP contribution in [0.15, 0.2) is 0 Å². The van der Waals surface area contributed by atoms with Gasteiger partial charge in [0.05, 0.1) is 0 Å². The van der Waals surface area contributed by atoms with E-state index in [1.165, 1.54) is 0 Å². The minimum Gasteiger partial charge on any atom is -0.297 e. The first-order valence-electron chi connectivity index (χ1n) is 3.51. The van der Waals surface area contributed by atoms with Crippen LogP contribution in [0.2, 0.25) is 18.1 Å². The summed E-state index contributed by atoms with van der Waals surface area (Å²) in [4.78, 5) is 11.5. The predicted molar refractivity (Wildman–Crippen MR) is 42.5 cm³/mol. The van der Waals surface area contributed by atoms with Crippen molar-refractivity contribution in [3.05, 3.63) is 0 Å². The summed E-state index contributed by atoms with van der Waals surface area (Å²) >= 11 is 0. The Kier molecular flexibility index (Phi) is 2.47. The van der Waals surface area contributed by atoms with Crippen LogP contribution in [0.25, 0.3) is 0 Å². The van der Waals surface area contributed by atoms with E-state index in [9.17, 15) is 4.80 Å². The van der Waals surface area contributed by atoms with E-state index in [0.717, 1.165) is 6.42 Å². The third-order valence-electron chi connectivity index (χ3n) is 2.51. The molecule has 0 aliphatic rings. The largest absolute Gasteiger partial charge is 0.297 e. The lowest BCUT2D eigenvalue weighted by atomic mass is 10.1. The van der Waals surface area contributed by atoms with Crippen LogP contribution in [0.1, 0.15) is 27.2 Å². The van der Waals surface area contributed by atoms with Crippen LogP contribution in [-0.4, -0.2) is 8.32 Å². The van der Waals surface area contributed by atoms with Gasteiger partial charge in [-0.05, 0) is 18.1 Å². The fourth-order valence-electron chi connectivity index (χ4n) is 0.426. The molecular formula is C7H17OSi. The zero-order valence-electron chi connectivity index (χ0n) is 7.12. The molecule has 0 aromatic rings. The van der Waals surface area contributed by atoms with Crippen molar-refractivity contribution in [2.75, 3.05) is 0 Å². The van der Waals surface area contributed by atoms with Gasteiger partial charge in [-0.3, -0.25) is 4.80 Å². The van der Waals surface area contributed by atoms with Gasteiger partial charge in [-0.2, -0.15) is 0 Å². The molecule has 55 valence electrons. The normalized spacial score (nSPS) is 14.0. The molecule has 0 atom stereocenters. The summed E-state index contributed by atoms with van der Waals surface area (Å²) in [7, 11) is -2.13. The maximum Gasteiger partial charge on any atom is 0.236 e. The monoisotopic (exact) mass is 145 g/mol. The van der Waals surface area contributed by atoms with Crippen molar-refractivity contribution < 1.29 is 4.80 Å². The minimum atomic E-state index is -2.13. The second-order valence-electron chi connectivity index (χ2n) is 3.75. The molecule has 0 aromatic heterocycles. The van der Waals surface area contributed by atoms with E-state index in [-0.39, 0.29) is 5.04 Å².